The summed E-state index contributed by atoms with van der Waals surface area (Å²) in [4.78, 5) is 12.0. The number of amides is 1. The van der Waals surface area contributed by atoms with Crippen LogP contribution >= 0.6 is 0 Å². The van der Waals surface area contributed by atoms with Crippen molar-refractivity contribution in [3.8, 4) is 0 Å². The summed E-state index contributed by atoms with van der Waals surface area (Å²) in [7, 11) is 0. The van der Waals surface area contributed by atoms with Crippen molar-refractivity contribution in [3.63, 3.8) is 0 Å². The number of aliphatic hydroxyl groups is 1. The predicted octanol–water partition coefficient (Wildman–Crippen LogP) is 1.29. The molecule has 19 heavy (non-hydrogen) atoms. The predicted molar refractivity (Wildman–Crippen MR) is 75.8 cm³/mol. The lowest BCUT2D eigenvalue weighted by molar-refractivity contribution is -0.122. The van der Waals surface area contributed by atoms with Crippen LogP contribution in [0, 0.1) is 17.8 Å². The van der Waals surface area contributed by atoms with Gasteiger partial charge in [0, 0.05) is 19.6 Å². The minimum Gasteiger partial charge on any atom is -0.396 e. The Morgan fingerprint density at radius 3 is 2.47 bits per heavy atom. The van der Waals surface area contributed by atoms with Gasteiger partial charge in [0.2, 0.25) is 5.91 Å². The molecule has 0 aromatic heterocycles. The SMILES string of the molecule is O=C(CC1CCNCC1)NCC1CCCCC1CO. The Morgan fingerprint density at radius 1 is 1.11 bits per heavy atom. The molecule has 2 unspecified atom stereocenters. The lowest BCUT2D eigenvalue weighted by Crippen LogP contribution is -2.37. The molecule has 0 spiro atoms. The molecule has 0 bridgehead atoms. The highest BCUT2D eigenvalue weighted by Gasteiger charge is 2.25. The van der Waals surface area contributed by atoms with Gasteiger partial charge in [0.25, 0.3) is 0 Å². The third-order valence-corrected chi connectivity index (χ3v) is 4.80. The second-order valence-electron chi connectivity index (χ2n) is 6.19. The molecular weight excluding hydrogens is 240 g/mol. The third kappa shape index (κ3) is 4.77. The Hall–Kier alpha value is -0.610. The maximum absolute atomic E-state index is 12.0. The topological polar surface area (TPSA) is 61.4 Å². The van der Waals surface area contributed by atoms with Crippen molar-refractivity contribution in [1.29, 1.82) is 0 Å². The van der Waals surface area contributed by atoms with E-state index in [2.05, 4.69) is 10.6 Å². The molecule has 1 saturated carbocycles. The van der Waals surface area contributed by atoms with E-state index in [4.69, 9.17) is 0 Å². The molecule has 2 rings (SSSR count). The van der Waals surface area contributed by atoms with Crippen molar-refractivity contribution >= 4 is 5.91 Å². The molecule has 1 aliphatic carbocycles. The van der Waals surface area contributed by atoms with E-state index >= 15 is 0 Å². The number of carbonyl (C=O) groups excluding carboxylic acids is 1. The number of nitrogens with one attached hydrogen (secondary N) is 2. The Kier molecular flexibility index (Phi) is 6.11. The zero-order chi connectivity index (χ0) is 13.5. The minimum atomic E-state index is 0.203. The van der Waals surface area contributed by atoms with E-state index in [9.17, 15) is 9.90 Å². The molecule has 4 nitrogen and oxygen atoms in total. The summed E-state index contributed by atoms with van der Waals surface area (Å²) in [5, 5.41) is 15.8. The first-order chi connectivity index (χ1) is 9.29. The average molecular weight is 268 g/mol. The van der Waals surface area contributed by atoms with Crippen molar-refractivity contribution in [1.82, 2.24) is 10.6 Å². The van der Waals surface area contributed by atoms with Crippen LogP contribution in [0.3, 0.4) is 0 Å². The van der Waals surface area contributed by atoms with Crippen molar-refractivity contribution in [3.05, 3.63) is 0 Å². The molecular formula is C15H28N2O2. The van der Waals surface area contributed by atoms with Gasteiger partial charge < -0.3 is 15.7 Å². The molecule has 2 fully saturated rings. The van der Waals surface area contributed by atoms with Gasteiger partial charge in [-0.3, -0.25) is 4.79 Å². The van der Waals surface area contributed by atoms with Crippen LogP contribution in [0.2, 0.25) is 0 Å². The van der Waals surface area contributed by atoms with Crippen LogP contribution in [0.5, 0.6) is 0 Å². The number of carbonyl (C=O) groups is 1. The van der Waals surface area contributed by atoms with Gasteiger partial charge in [0.1, 0.15) is 0 Å². The zero-order valence-electron chi connectivity index (χ0n) is 11.9. The summed E-state index contributed by atoms with van der Waals surface area (Å²) >= 11 is 0. The number of hydrogen-bond donors (Lipinski definition) is 3. The Morgan fingerprint density at radius 2 is 1.79 bits per heavy atom. The van der Waals surface area contributed by atoms with E-state index in [1.165, 1.54) is 12.8 Å². The van der Waals surface area contributed by atoms with E-state index < -0.39 is 0 Å². The highest BCUT2D eigenvalue weighted by Crippen LogP contribution is 2.29. The Labute approximate surface area is 116 Å². The molecule has 0 aromatic carbocycles. The zero-order valence-corrected chi connectivity index (χ0v) is 11.9. The van der Waals surface area contributed by atoms with E-state index in [-0.39, 0.29) is 12.5 Å². The van der Waals surface area contributed by atoms with Gasteiger partial charge >= 0.3 is 0 Å². The molecule has 0 aromatic rings. The van der Waals surface area contributed by atoms with Gasteiger partial charge in [0.05, 0.1) is 0 Å². The van der Waals surface area contributed by atoms with Crippen LogP contribution in [0.4, 0.5) is 0 Å². The Balaban J connectivity index is 1.67. The molecule has 1 heterocycles. The van der Waals surface area contributed by atoms with Crippen LogP contribution in [-0.2, 0) is 4.79 Å². The first-order valence-corrected chi connectivity index (χ1v) is 7.88. The lowest BCUT2D eigenvalue weighted by atomic mass is 9.79. The first kappa shape index (κ1) is 14.8. The van der Waals surface area contributed by atoms with Gasteiger partial charge in [-0.1, -0.05) is 12.8 Å². The van der Waals surface area contributed by atoms with Crippen molar-refractivity contribution in [2.45, 2.75) is 44.9 Å². The molecule has 110 valence electrons. The van der Waals surface area contributed by atoms with E-state index in [1.807, 2.05) is 0 Å². The van der Waals surface area contributed by atoms with Gasteiger partial charge in [-0.15, -0.1) is 0 Å². The summed E-state index contributed by atoms with van der Waals surface area (Å²) < 4.78 is 0. The largest absolute Gasteiger partial charge is 0.396 e. The van der Waals surface area contributed by atoms with Crippen molar-refractivity contribution in [2.75, 3.05) is 26.2 Å². The third-order valence-electron chi connectivity index (χ3n) is 4.80. The summed E-state index contributed by atoms with van der Waals surface area (Å²) in [5.41, 5.74) is 0. The van der Waals surface area contributed by atoms with Crippen LogP contribution in [0.1, 0.15) is 44.9 Å². The van der Waals surface area contributed by atoms with Crippen LogP contribution in [0.25, 0.3) is 0 Å². The monoisotopic (exact) mass is 268 g/mol. The second-order valence-corrected chi connectivity index (χ2v) is 6.19. The van der Waals surface area contributed by atoms with E-state index in [0.717, 1.165) is 45.3 Å². The minimum absolute atomic E-state index is 0.203. The van der Waals surface area contributed by atoms with Gasteiger partial charge in [-0.05, 0) is 56.5 Å². The molecule has 0 radical (unpaired) electrons. The summed E-state index contributed by atoms with van der Waals surface area (Å²) in [6.45, 7) is 3.13. The van der Waals surface area contributed by atoms with Gasteiger partial charge in [-0.25, -0.2) is 0 Å². The van der Waals surface area contributed by atoms with Crippen LogP contribution < -0.4 is 10.6 Å². The van der Waals surface area contributed by atoms with Crippen molar-refractivity contribution < 1.29 is 9.90 Å². The summed E-state index contributed by atoms with van der Waals surface area (Å²) in [6, 6.07) is 0. The maximum atomic E-state index is 12.0. The van der Waals surface area contributed by atoms with Crippen LogP contribution in [0.15, 0.2) is 0 Å². The molecule has 1 saturated heterocycles. The number of piperidine rings is 1. The lowest BCUT2D eigenvalue weighted by Gasteiger charge is -2.30. The standard InChI is InChI=1S/C15H28N2O2/c18-11-14-4-2-1-3-13(14)10-17-15(19)9-12-5-7-16-8-6-12/h12-14,16,18H,1-11H2,(H,17,19). The van der Waals surface area contributed by atoms with E-state index in [0.29, 0.717) is 24.2 Å². The van der Waals surface area contributed by atoms with Gasteiger partial charge in [0.15, 0.2) is 0 Å². The molecule has 3 N–H and O–H groups in total. The molecule has 2 aliphatic rings. The number of aliphatic hydroxyl groups excluding tert-OH is 1. The second kappa shape index (κ2) is 7.85. The molecule has 2 atom stereocenters. The average Bonchev–Trinajstić information content (AvgIpc) is 2.46. The van der Waals surface area contributed by atoms with E-state index in [1.54, 1.807) is 0 Å². The number of hydrogen-bond acceptors (Lipinski definition) is 3. The summed E-state index contributed by atoms with van der Waals surface area (Å²) in [5.74, 6) is 1.64. The van der Waals surface area contributed by atoms with Gasteiger partial charge in [-0.2, -0.15) is 0 Å². The molecule has 4 heteroatoms. The maximum Gasteiger partial charge on any atom is 0.220 e. The molecule has 1 amide bonds. The normalized spacial score (nSPS) is 29.1. The Bertz CT molecular complexity index is 277. The summed E-state index contributed by atoms with van der Waals surface area (Å²) in [6.07, 6.45) is 7.66. The number of rotatable bonds is 5. The van der Waals surface area contributed by atoms with Crippen molar-refractivity contribution in [2.24, 2.45) is 17.8 Å². The fourth-order valence-electron chi connectivity index (χ4n) is 3.46. The molecule has 1 aliphatic heterocycles. The fraction of sp³-hybridized carbons (Fsp3) is 0.933. The fourth-order valence-corrected chi connectivity index (χ4v) is 3.46. The quantitative estimate of drug-likeness (QED) is 0.704. The first-order valence-electron chi connectivity index (χ1n) is 7.88. The van der Waals surface area contributed by atoms with Crippen LogP contribution in [-0.4, -0.2) is 37.3 Å². The smallest absolute Gasteiger partial charge is 0.220 e. The highest BCUT2D eigenvalue weighted by molar-refractivity contribution is 5.76. The highest BCUT2D eigenvalue weighted by atomic mass is 16.3.